The normalized spacial score (nSPS) is 13.4. The van der Waals surface area contributed by atoms with Crippen molar-refractivity contribution < 1.29 is 14.3 Å². The maximum atomic E-state index is 11.9. The van der Waals surface area contributed by atoms with Crippen molar-refractivity contribution in [2.24, 2.45) is 17.2 Å². The molecular weight excluding hydrogens is 376 g/mol. The number of aromatic nitrogens is 4. The van der Waals surface area contributed by atoms with Crippen molar-refractivity contribution in [1.82, 2.24) is 24.7 Å². The summed E-state index contributed by atoms with van der Waals surface area (Å²) in [6, 6.07) is -0.636. The van der Waals surface area contributed by atoms with Crippen molar-refractivity contribution in [3.63, 3.8) is 0 Å². The maximum Gasteiger partial charge on any atom is 0.285 e. The first kappa shape index (κ1) is 20.3. The fourth-order valence-electron chi connectivity index (χ4n) is 2.89. The number of hydrogen-bond donors (Lipinski definition) is 5. The molecule has 8 N–H and O–H groups in total. The molecule has 0 bridgehead atoms. The van der Waals surface area contributed by atoms with Gasteiger partial charge in [0.05, 0.1) is 30.0 Å². The third-order valence-electron chi connectivity index (χ3n) is 4.24. The number of nitrogens with one attached hydrogen (secondary N) is 1. The molecule has 0 aliphatic rings. The zero-order valence-corrected chi connectivity index (χ0v) is 16.4. The summed E-state index contributed by atoms with van der Waals surface area (Å²) in [4.78, 5) is 25.0. The fourth-order valence-corrected chi connectivity index (χ4v) is 2.89. The van der Waals surface area contributed by atoms with Crippen LogP contribution < -0.4 is 22.5 Å². The van der Waals surface area contributed by atoms with Crippen molar-refractivity contribution in [2.45, 2.75) is 33.4 Å². The second-order valence-corrected chi connectivity index (χ2v) is 6.51. The van der Waals surface area contributed by atoms with Crippen LogP contribution in [0.2, 0.25) is 0 Å². The highest BCUT2D eigenvalue weighted by molar-refractivity contribution is 5.93. The van der Waals surface area contributed by atoms with Gasteiger partial charge >= 0.3 is 0 Å². The smallest absolute Gasteiger partial charge is 0.285 e. The molecule has 0 aliphatic carbocycles. The minimum Gasteiger partial charge on any atom is -0.508 e. The number of nitrogens with zero attached hydrogens (tertiary/aromatic N) is 4. The molecular formula is C18H24N8O3. The van der Waals surface area contributed by atoms with Gasteiger partial charge in [-0.15, -0.1) is 0 Å². The number of primary amides is 1. The number of fused-ring (bicyclic) bond motifs is 1. The van der Waals surface area contributed by atoms with Crippen LogP contribution in [0.5, 0.6) is 0 Å². The molecule has 154 valence electrons. The monoisotopic (exact) mass is 400 g/mol. The quantitative estimate of drug-likeness (QED) is 0.351. The number of carbonyl (C=O) groups is 1. The van der Waals surface area contributed by atoms with Crippen LogP contribution >= 0.6 is 0 Å². The average molecular weight is 400 g/mol. The van der Waals surface area contributed by atoms with Crippen LogP contribution in [0.15, 0.2) is 22.6 Å². The van der Waals surface area contributed by atoms with Crippen LogP contribution in [0.1, 0.15) is 41.8 Å². The maximum absolute atomic E-state index is 11.9. The van der Waals surface area contributed by atoms with Crippen LogP contribution in [0.4, 0.5) is 0 Å². The second-order valence-electron chi connectivity index (χ2n) is 6.51. The number of oxazole rings is 1. The van der Waals surface area contributed by atoms with Crippen LogP contribution in [0.25, 0.3) is 22.6 Å². The van der Waals surface area contributed by atoms with Gasteiger partial charge in [0, 0.05) is 12.7 Å². The van der Waals surface area contributed by atoms with Gasteiger partial charge in [0.1, 0.15) is 28.6 Å². The van der Waals surface area contributed by atoms with Crippen molar-refractivity contribution >= 4 is 17.1 Å². The molecule has 0 saturated carbocycles. The highest BCUT2D eigenvalue weighted by atomic mass is 16.4. The van der Waals surface area contributed by atoms with E-state index < -0.39 is 11.9 Å². The van der Waals surface area contributed by atoms with E-state index in [4.69, 9.17) is 21.6 Å². The number of aryl methyl sites for hydroxylation is 1. The van der Waals surface area contributed by atoms with Crippen LogP contribution in [-0.4, -0.2) is 43.0 Å². The van der Waals surface area contributed by atoms with Crippen LogP contribution in [0, 0.1) is 6.92 Å². The van der Waals surface area contributed by atoms with Gasteiger partial charge in [0.25, 0.3) is 5.91 Å². The van der Waals surface area contributed by atoms with Gasteiger partial charge in [-0.25, -0.2) is 9.97 Å². The number of imidazole rings is 1. The molecule has 0 aromatic carbocycles. The first-order valence-electron chi connectivity index (χ1n) is 9.06. The summed E-state index contributed by atoms with van der Waals surface area (Å²) in [6.45, 7) is 5.80. The Hall–Kier alpha value is -3.44. The molecule has 3 heterocycles. The van der Waals surface area contributed by atoms with E-state index in [9.17, 15) is 9.90 Å². The van der Waals surface area contributed by atoms with Gasteiger partial charge in [0.2, 0.25) is 11.7 Å². The Kier molecular flexibility index (Phi) is 5.52. The molecule has 11 nitrogen and oxygen atoms in total. The number of aliphatic hydroxyl groups excluding tert-OH is 1. The molecule has 0 fully saturated rings. The standard InChI is InChI=1S/C18H24N8O3/c1-4-22-14(15(27)9(3)20)18-25-13(11(5-19)29-18)12-10-6-23-8(2)7-26(10)17(24-12)16(21)28/h6-7,9,22,27H,4-5,19-20H2,1-3H3,(H2,21,28)/b15-14+. The van der Waals surface area contributed by atoms with Crippen LogP contribution in [-0.2, 0) is 6.54 Å². The number of hydrogen-bond acceptors (Lipinski definition) is 9. The predicted molar refractivity (Wildman–Crippen MR) is 107 cm³/mol. The lowest BCUT2D eigenvalue weighted by Crippen LogP contribution is -2.24. The topological polar surface area (TPSA) is 184 Å². The van der Waals surface area contributed by atoms with E-state index in [0.717, 1.165) is 0 Å². The summed E-state index contributed by atoms with van der Waals surface area (Å²) in [5.74, 6) is -0.331. The molecule has 1 atom stereocenters. The molecule has 1 unspecified atom stereocenters. The van der Waals surface area contributed by atoms with E-state index in [2.05, 4.69) is 20.3 Å². The SMILES string of the molecule is CCN/C(=C(/O)C(C)N)c1nc(-c2nc(C(N)=O)n3cc(C)ncc23)c(CN)o1. The summed E-state index contributed by atoms with van der Waals surface area (Å²) >= 11 is 0. The summed E-state index contributed by atoms with van der Waals surface area (Å²) in [5.41, 5.74) is 19.3. The van der Waals surface area contributed by atoms with E-state index in [1.165, 1.54) is 0 Å². The largest absolute Gasteiger partial charge is 0.508 e. The third kappa shape index (κ3) is 3.65. The molecule has 3 aromatic rings. The first-order chi connectivity index (χ1) is 13.8. The Labute approximate surface area is 166 Å². The van der Waals surface area contributed by atoms with E-state index in [1.807, 2.05) is 6.92 Å². The minimum atomic E-state index is -0.697. The highest BCUT2D eigenvalue weighted by Gasteiger charge is 2.25. The summed E-state index contributed by atoms with van der Waals surface area (Å²) in [6.07, 6.45) is 3.22. The van der Waals surface area contributed by atoms with E-state index >= 15 is 0 Å². The number of amides is 1. The third-order valence-corrected chi connectivity index (χ3v) is 4.24. The van der Waals surface area contributed by atoms with Crippen molar-refractivity contribution in [1.29, 1.82) is 0 Å². The Morgan fingerprint density at radius 1 is 1.38 bits per heavy atom. The predicted octanol–water partition coefficient (Wildman–Crippen LogP) is 0.434. The molecule has 0 radical (unpaired) electrons. The minimum absolute atomic E-state index is 0.0187. The second kappa shape index (κ2) is 7.89. The molecule has 0 saturated heterocycles. The number of rotatable bonds is 7. The molecule has 11 heteroatoms. The zero-order valence-electron chi connectivity index (χ0n) is 16.4. The van der Waals surface area contributed by atoms with Crippen molar-refractivity contribution in [2.75, 3.05) is 6.54 Å². The first-order valence-corrected chi connectivity index (χ1v) is 9.06. The molecule has 0 aliphatic heterocycles. The Balaban J connectivity index is 2.26. The lowest BCUT2D eigenvalue weighted by atomic mass is 10.2. The van der Waals surface area contributed by atoms with Gasteiger partial charge < -0.3 is 32.0 Å². The fraction of sp³-hybridized carbons (Fsp3) is 0.333. The van der Waals surface area contributed by atoms with Crippen molar-refractivity contribution in [3.8, 4) is 11.4 Å². The number of nitrogens with two attached hydrogens (primary N) is 3. The van der Waals surface area contributed by atoms with Crippen LogP contribution in [0.3, 0.4) is 0 Å². The molecule has 3 rings (SSSR count). The van der Waals surface area contributed by atoms with Gasteiger partial charge in [-0.05, 0) is 20.8 Å². The summed E-state index contributed by atoms with van der Waals surface area (Å²) < 4.78 is 7.34. The molecule has 1 amide bonds. The van der Waals surface area contributed by atoms with Gasteiger partial charge in [-0.2, -0.15) is 0 Å². The van der Waals surface area contributed by atoms with E-state index in [0.29, 0.717) is 34.9 Å². The molecule has 3 aromatic heterocycles. The van der Waals surface area contributed by atoms with Crippen molar-refractivity contribution in [3.05, 3.63) is 41.3 Å². The zero-order chi connectivity index (χ0) is 21.3. The Morgan fingerprint density at radius 2 is 2.10 bits per heavy atom. The average Bonchev–Trinajstić information content (AvgIpc) is 3.26. The van der Waals surface area contributed by atoms with E-state index in [1.54, 1.807) is 30.6 Å². The van der Waals surface area contributed by atoms with Gasteiger partial charge in [-0.3, -0.25) is 14.2 Å². The Morgan fingerprint density at radius 3 is 2.69 bits per heavy atom. The lowest BCUT2D eigenvalue weighted by molar-refractivity contribution is 0.0990. The molecule has 29 heavy (non-hydrogen) atoms. The summed E-state index contributed by atoms with van der Waals surface area (Å²) in [5, 5.41) is 13.4. The van der Waals surface area contributed by atoms with E-state index in [-0.39, 0.29) is 29.7 Å². The van der Waals surface area contributed by atoms with Gasteiger partial charge in [-0.1, -0.05) is 0 Å². The lowest BCUT2D eigenvalue weighted by Gasteiger charge is -2.11. The van der Waals surface area contributed by atoms with Gasteiger partial charge in [0.15, 0.2) is 0 Å². The summed E-state index contributed by atoms with van der Waals surface area (Å²) in [7, 11) is 0. The molecule has 0 spiro atoms. The number of carbonyl (C=O) groups excluding carboxylic acids is 1. The highest BCUT2D eigenvalue weighted by Crippen LogP contribution is 2.30. The Bertz CT molecular complexity index is 1100. The number of aliphatic hydroxyl groups is 1.